The largest absolute Gasteiger partial charge is 0.382 e. The molecule has 0 amide bonds. The summed E-state index contributed by atoms with van der Waals surface area (Å²) in [4.78, 5) is 0. The molecule has 3 nitrogen and oxygen atoms in total. The van der Waals surface area contributed by atoms with E-state index in [1.165, 1.54) is 57.8 Å². The summed E-state index contributed by atoms with van der Waals surface area (Å²) in [6.07, 6.45) is 11.5. The lowest BCUT2D eigenvalue weighted by Crippen LogP contribution is -2.46. The molecule has 21 heavy (non-hydrogen) atoms. The minimum absolute atomic E-state index is 0.245. The van der Waals surface area contributed by atoms with E-state index in [9.17, 15) is 0 Å². The van der Waals surface area contributed by atoms with Crippen molar-refractivity contribution in [2.75, 3.05) is 26.4 Å². The van der Waals surface area contributed by atoms with Gasteiger partial charge in [0.2, 0.25) is 0 Å². The van der Waals surface area contributed by atoms with Crippen LogP contribution in [0.15, 0.2) is 0 Å². The van der Waals surface area contributed by atoms with Gasteiger partial charge < -0.3 is 14.8 Å². The van der Waals surface area contributed by atoms with E-state index < -0.39 is 0 Å². The van der Waals surface area contributed by atoms with Crippen LogP contribution >= 0.6 is 0 Å². The third-order valence-corrected chi connectivity index (χ3v) is 5.28. The second-order valence-corrected chi connectivity index (χ2v) is 6.89. The highest BCUT2D eigenvalue weighted by Gasteiger charge is 2.41. The zero-order valence-electron chi connectivity index (χ0n) is 14.2. The van der Waals surface area contributed by atoms with Gasteiger partial charge in [-0.2, -0.15) is 0 Å². The topological polar surface area (TPSA) is 30.5 Å². The van der Waals surface area contributed by atoms with Crippen LogP contribution in [0.4, 0.5) is 0 Å². The molecule has 0 aromatic rings. The Hall–Kier alpha value is -0.120. The van der Waals surface area contributed by atoms with Crippen molar-refractivity contribution in [3.05, 3.63) is 0 Å². The Bertz CT molecular complexity index is 276. The summed E-state index contributed by atoms with van der Waals surface area (Å²) in [6.45, 7) is 8.20. The summed E-state index contributed by atoms with van der Waals surface area (Å²) in [5.74, 6) is 0.796. The highest BCUT2D eigenvalue weighted by Crippen LogP contribution is 2.43. The van der Waals surface area contributed by atoms with Crippen molar-refractivity contribution >= 4 is 0 Å². The number of hydrogen-bond donors (Lipinski definition) is 1. The fourth-order valence-electron chi connectivity index (χ4n) is 4.16. The standard InChI is InChI=1S/C18H35NO2/c1-3-12-19-17(8-7-13-20-4-2)16-9-14-21-18(15-16)10-5-6-11-18/h16-17,19H,3-15H2,1-2H3. The summed E-state index contributed by atoms with van der Waals surface area (Å²) in [7, 11) is 0. The molecule has 2 atom stereocenters. The van der Waals surface area contributed by atoms with Gasteiger partial charge in [0, 0.05) is 25.9 Å². The molecule has 1 aliphatic heterocycles. The van der Waals surface area contributed by atoms with Crippen molar-refractivity contribution in [1.29, 1.82) is 0 Å². The Morgan fingerprint density at radius 3 is 2.81 bits per heavy atom. The molecule has 1 heterocycles. The minimum atomic E-state index is 0.245. The highest BCUT2D eigenvalue weighted by molar-refractivity contribution is 4.94. The molecule has 0 radical (unpaired) electrons. The van der Waals surface area contributed by atoms with Gasteiger partial charge in [0.25, 0.3) is 0 Å². The Labute approximate surface area is 131 Å². The molecule has 2 unspecified atom stereocenters. The van der Waals surface area contributed by atoms with Crippen LogP contribution in [-0.4, -0.2) is 38.0 Å². The zero-order valence-corrected chi connectivity index (χ0v) is 14.2. The maximum Gasteiger partial charge on any atom is 0.0685 e. The molecule has 124 valence electrons. The molecule has 3 heteroatoms. The molecule has 1 aliphatic carbocycles. The zero-order chi connectivity index (χ0) is 15.0. The number of rotatable bonds is 9. The predicted octanol–water partition coefficient (Wildman–Crippen LogP) is 3.91. The smallest absolute Gasteiger partial charge is 0.0685 e. The van der Waals surface area contributed by atoms with E-state index in [1.807, 2.05) is 0 Å². The molecular weight excluding hydrogens is 262 g/mol. The van der Waals surface area contributed by atoms with Crippen LogP contribution in [0, 0.1) is 5.92 Å². The van der Waals surface area contributed by atoms with Gasteiger partial charge in [-0.15, -0.1) is 0 Å². The van der Waals surface area contributed by atoms with Gasteiger partial charge in [0.1, 0.15) is 0 Å². The van der Waals surface area contributed by atoms with E-state index in [0.717, 1.165) is 32.3 Å². The molecule has 0 aromatic heterocycles. The molecule has 1 saturated heterocycles. The van der Waals surface area contributed by atoms with Crippen LogP contribution < -0.4 is 5.32 Å². The quantitative estimate of drug-likeness (QED) is 0.655. The minimum Gasteiger partial charge on any atom is -0.382 e. The fourth-order valence-corrected chi connectivity index (χ4v) is 4.16. The second-order valence-electron chi connectivity index (χ2n) is 6.89. The normalized spacial score (nSPS) is 26.3. The first-order valence-electron chi connectivity index (χ1n) is 9.25. The van der Waals surface area contributed by atoms with E-state index in [4.69, 9.17) is 9.47 Å². The molecule has 1 N–H and O–H groups in total. The molecule has 0 bridgehead atoms. The van der Waals surface area contributed by atoms with Crippen molar-refractivity contribution in [3.8, 4) is 0 Å². The average Bonchev–Trinajstić information content (AvgIpc) is 2.94. The van der Waals surface area contributed by atoms with Gasteiger partial charge >= 0.3 is 0 Å². The monoisotopic (exact) mass is 297 g/mol. The molecule has 2 rings (SSSR count). The first-order valence-corrected chi connectivity index (χ1v) is 9.25. The first-order chi connectivity index (χ1) is 10.3. The summed E-state index contributed by atoms with van der Waals surface area (Å²) >= 11 is 0. The number of ether oxygens (including phenoxy) is 2. The highest BCUT2D eigenvalue weighted by atomic mass is 16.5. The predicted molar refractivity (Wildman–Crippen MR) is 87.7 cm³/mol. The van der Waals surface area contributed by atoms with Crippen molar-refractivity contribution in [2.24, 2.45) is 5.92 Å². The lowest BCUT2D eigenvalue weighted by Gasteiger charge is -2.41. The Morgan fingerprint density at radius 2 is 2.10 bits per heavy atom. The van der Waals surface area contributed by atoms with Crippen LogP contribution in [0.5, 0.6) is 0 Å². The van der Waals surface area contributed by atoms with Gasteiger partial charge in [0.15, 0.2) is 0 Å². The Kier molecular flexibility index (Phi) is 7.48. The van der Waals surface area contributed by atoms with Gasteiger partial charge in [-0.3, -0.25) is 0 Å². The van der Waals surface area contributed by atoms with Crippen molar-refractivity contribution in [3.63, 3.8) is 0 Å². The maximum atomic E-state index is 6.20. The summed E-state index contributed by atoms with van der Waals surface area (Å²) < 4.78 is 11.7. The summed E-state index contributed by atoms with van der Waals surface area (Å²) in [5, 5.41) is 3.81. The summed E-state index contributed by atoms with van der Waals surface area (Å²) in [6, 6.07) is 0.659. The lowest BCUT2D eigenvalue weighted by atomic mass is 9.79. The fraction of sp³-hybridized carbons (Fsp3) is 1.00. The number of nitrogens with one attached hydrogen (secondary N) is 1. The lowest BCUT2D eigenvalue weighted by molar-refractivity contribution is -0.0984. The van der Waals surface area contributed by atoms with Gasteiger partial charge in [-0.1, -0.05) is 19.8 Å². The van der Waals surface area contributed by atoms with E-state index in [1.54, 1.807) is 0 Å². The molecule has 0 aromatic carbocycles. The number of hydrogen-bond acceptors (Lipinski definition) is 3. The second kappa shape index (κ2) is 9.12. The molecule has 1 saturated carbocycles. The maximum absolute atomic E-state index is 6.20. The first kappa shape index (κ1) is 17.2. The van der Waals surface area contributed by atoms with Crippen LogP contribution in [0.25, 0.3) is 0 Å². The van der Waals surface area contributed by atoms with Gasteiger partial charge in [-0.05, 0) is 64.3 Å². The summed E-state index contributed by atoms with van der Waals surface area (Å²) in [5.41, 5.74) is 0.245. The van der Waals surface area contributed by atoms with Gasteiger partial charge in [-0.25, -0.2) is 0 Å². The molecule has 1 spiro atoms. The van der Waals surface area contributed by atoms with E-state index in [2.05, 4.69) is 19.2 Å². The van der Waals surface area contributed by atoms with E-state index in [0.29, 0.717) is 6.04 Å². The van der Waals surface area contributed by atoms with E-state index in [-0.39, 0.29) is 5.60 Å². The van der Waals surface area contributed by atoms with Crippen LogP contribution in [0.2, 0.25) is 0 Å². The average molecular weight is 297 g/mol. The van der Waals surface area contributed by atoms with Crippen LogP contribution in [0.3, 0.4) is 0 Å². The van der Waals surface area contributed by atoms with Crippen LogP contribution in [0.1, 0.15) is 71.6 Å². The van der Waals surface area contributed by atoms with Gasteiger partial charge in [0.05, 0.1) is 5.60 Å². The Balaban J connectivity index is 1.85. The van der Waals surface area contributed by atoms with Crippen molar-refractivity contribution in [1.82, 2.24) is 5.32 Å². The Morgan fingerprint density at radius 1 is 1.29 bits per heavy atom. The third kappa shape index (κ3) is 5.22. The van der Waals surface area contributed by atoms with Crippen LogP contribution in [-0.2, 0) is 9.47 Å². The molecular formula is C18H35NO2. The van der Waals surface area contributed by atoms with E-state index >= 15 is 0 Å². The van der Waals surface area contributed by atoms with Crippen molar-refractivity contribution in [2.45, 2.75) is 83.3 Å². The SMILES string of the molecule is CCCNC(CCCOCC)C1CCOC2(CCCC2)C1. The third-order valence-electron chi connectivity index (χ3n) is 5.28. The van der Waals surface area contributed by atoms with Crippen molar-refractivity contribution < 1.29 is 9.47 Å². The molecule has 2 aliphatic rings. The molecule has 2 fully saturated rings.